The third-order valence-electron chi connectivity index (χ3n) is 2.15. The molecule has 0 aliphatic carbocycles. The van der Waals surface area contributed by atoms with Crippen molar-refractivity contribution in [3.05, 3.63) is 41.7 Å². The summed E-state index contributed by atoms with van der Waals surface area (Å²) in [4.78, 5) is 14.8. The van der Waals surface area contributed by atoms with Crippen molar-refractivity contribution in [3.8, 4) is 0 Å². The zero-order chi connectivity index (χ0) is 12.1. The van der Waals surface area contributed by atoms with Crippen LogP contribution < -0.4 is 0 Å². The van der Waals surface area contributed by atoms with E-state index in [1.165, 1.54) is 17.9 Å². The maximum atomic E-state index is 10.7. The Balaban J connectivity index is 2.06. The van der Waals surface area contributed by atoms with Crippen molar-refractivity contribution in [3.63, 3.8) is 0 Å². The molecular formula is C11H10N2O2S2. The number of hydrogen-bond donors (Lipinski definition) is 1. The summed E-state index contributed by atoms with van der Waals surface area (Å²) < 4.78 is 4.82. The highest BCUT2D eigenvalue weighted by atomic mass is 32.2. The fourth-order valence-corrected chi connectivity index (χ4v) is 2.88. The molecule has 0 aliphatic rings. The molecule has 1 aromatic carbocycles. The Morgan fingerprint density at radius 1 is 1.35 bits per heavy atom. The maximum Gasteiger partial charge on any atom is 0.307 e. The van der Waals surface area contributed by atoms with Crippen LogP contribution in [0.4, 0.5) is 0 Å². The van der Waals surface area contributed by atoms with Crippen LogP contribution in [0, 0.1) is 0 Å². The molecule has 1 heterocycles. The highest BCUT2D eigenvalue weighted by molar-refractivity contribution is 8.00. The lowest BCUT2D eigenvalue weighted by molar-refractivity contribution is -0.136. The van der Waals surface area contributed by atoms with E-state index in [2.05, 4.69) is 9.36 Å². The second-order valence-corrected chi connectivity index (χ2v) is 5.34. The number of carboxylic acid groups (broad SMARTS) is 1. The lowest BCUT2D eigenvalue weighted by Crippen LogP contribution is -2.02. The van der Waals surface area contributed by atoms with Gasteiger partial charge in [-0.1, -0.05) is 36.0 Å². The molecular weight excluding hydrogens is 256 g/mol. The Morgan fingerprint density at radius 2 is 2.12 bits per heavy atom. The molecule has 0 unspecified atom stereocenters. The van der Waals surface area contributed by atoms with E-state index in [4.69, 9.17) is 5.11 Å². The first-order valence-corrected chi connectivity index (χ1v) is 6.69. The molecule has 0 atom stereocenters. The summed E-state index contributed by atoms with van der Waals surface area (Å²) in [5, 5.41) is 8.82. The van der Waals surface area contributed by atoms with E-state index in [0.717, 1.165) is 21.2 Å². The normalized spacial score (nSPS) is 10.4. The molecule has 0 radical (unpaired) electrons. The van der Waals surface area contributed by atoms with Gasteiger partial charge in [0.25, 0.3) is 0 Å². The Hall–Kier alpha value is -1.40. The van der Waals surface area contributed by atoms with Gasteiger partial charge in [0.1, 0.15) is 6.33 Å². The Morgan fingerprint density at radius 3 is 2.76 bits per heavy atom. The van der Waals surface area contributed by atoms with Gasteiger partial charge in [-0.15, -0.1) is 0 Å². The van der Waals surface area contributed by atoms with Crippen LogP contribution in [0.25, 0.3) is 0 Å². The standard InChI is InChI=1S/C11H10N2O2S2/c14-10(15)5-8-3-1-2-4-9(8)6-16-11-12-7-13-17-11/h1-4,7H,5-6H2,(H,14,15). The number of carbonyl (C=O) groups is 1. The van der Waals surface area contributed by atoms with Gasteiger partial charge in [-0.25, -0.2) is 4.98 Å². The lowest BCUT2D eigenvalue weighted by atomic mass is 10.1. The van der Waals surface area contributed by atoms with E-state index in [-0.39, 0.29) is 6.42 Å². The lowest BCUT2D eigenvalue weighted by Gasteiger charge is -2.05. The van der Waals surface area contributed by atoms with Crippen LogP contribution in [0.15, 0.2) is 34.9 Å². The minimum atomic E-state index is -0.807. The molecule has 1 N–H and O–H groups in total. The molecule has 0 fully saturated rings. The van der Waals surface area contributed by atoms with Crippen molar-refractivity contribution < 1.29 is 9.90 Å². The molecule has 0 spiro atoms. The third-order valence-corrected chi connectivity index (χ3v) is 4.00. The fourth-order valence-electron chi connectivity index (χ4n) is 1.40. The van der Waals surface area contributed by atoms with Gasteiger partial charge >= 0.3 is 5.97 Å². The molecule has 0 saturated carbocycles. The molecule has 1 aromatic heterocycles. The SMILES string of the molecule is O=C(O)Cc1ccccc1CSc1ncns1. The molecule has 2 rings (SSSR count). The maximum absolute atomic E-state index is 10.7. The Bertz CT molecular complexity index is 500. The largest absolute Gasteiger partial charge is 0.481 e. The predicted molar refractivity (Wildman–Crippen MR) is 67.3 cm³/mol. The first kappa shape index (κ1) is 12.1. The van der Waals surface area contributed by atoms with Crippen molar-refractivity contribution in [2.45, 2.75) is 16.5 Å². The summed E-state index contributed by atoms with van der Waals surface area (Å²) in [7, 11) is 0. The van der Waals surface area contributed by atoms with Gasteiger partial charge in [0.05, 0.1) is 6.42 Å². The summed E-state index contributed by atoms with van der Waals surface area (Å²) in [5.74, 6) is -0.0862. The molecule has 0 amide bonds. The van der Waals surface area contributed by atoms with Gasteiger partial charge < -0.3 is 5.11 Å². The van der Waals surface area contributed by atoms with Gasteiger partial charge in [0, 0.05) is 5.75 Å². The average Bonchev–Trinajstić information content (AvgIpc) is 2.80. The fraction of sp³-hybridized carbons (Fsp3) is 0.182. The summed E-state index contributed by atoms with van der Waals surface area (Å²) in [6, 6.07) is 7.58. The van der Waals surface area contributed by atoms with Crippen LogP contribution in [0.2, 0.25) is 0 Å². The zero-order valence-electron chi connectivity index (χ0n) is 8.87. The molecule has 2 aromatic rings. The van der Waals surface area contributed by atoms with Crippen LogP contribution >= 0.6 is 23.3 Å². The summed E-state index contributed by atoms with van der Waals surface area (Å²) >= 11 is 2.92. The van der Waals surface area contributed by atoms with E-state index >= 15 is 0 Å². The summed E-state index contributed by atoms with van der Waals surface area (Å²) in [5.41, 5.74) is 1.90. The van der Waals surface area contributed by atoms with E-state index in [0.29, 0.717) is 0 Å². The topological polar surface area (TPSA) is 63.1 Å². The molecule has 0 aliphatic heterocycles. The number of nitrogens with zero attached hydrogens (tertiary/aromatic N) is 2. The van der Waals surface area contributed by atoms with E-state index in [1.807, 2.05) is 24.3 Å². The van der Waals surface area contributed by atoms with Crippen molar-refractivity contribution in [1.29, 1.82) is 0 Å². The number of hydrogen-bond acceptors (Lipinski definition) is 5. The van der Waals surface area contributed by atoms with Crippen molar-refractivity contribution in [2.24, 2.45) is 0 Å². The van der Waals surface area contributed by atoms with E-state index in [9.17, 15) is 4.79 Å². The Kier molecular flexibility index (Phi) is 4.11. The van der Waals surface area contributed by atoms with Gasteiger partial charge in [-0.05, 0) is 22.7 Å². The monoisotopic (exact) mass is 266 g/mol. The smallest absolute Gasteiger partial charge is 0.307 e. The zero-order valence-corrected chi connectivity index (χ0v) is 10.5. The molecule has 17 heavy (non-hydrogen) atoms. The molecule has 0 bridgehead atoms. The Labute approximate surface area is 107 Å². The van der Waals surface area contributed by atoms with Crippen molar-refractivity contribution in [1.82, 2.24) is 9.36 Å². The van der Waals surface area contributed by atoms with Gasteiger partial charge in [-0.2, -0.15) is 4.37 Å². The first-order valence-electron chi connectivity index (χ1n) is 4.94. The summed E-state index contributed by atoms with van der Waals surface area (Å²) in [6.45, 7) is 0. The molecule has 0 saturated heterocycles. The highest BCUT2D eigenvalue weighted by Gasteiger charge is 2.07. The van der Waals surface area contributed by atoms with Gasteiger partial charge in [0.15, 0.2) is 4.34 Å². The van der Waals surface area contributed by atoms with Crippen LogP contribution in [0.3, 0.4) is 0 Å². The second-order valence-electron chi connectivity index (χ2n) is 3.34. The number of aliphatic carboxylic acids is 1. The number of benzene rings is 1. The number of carboxylic acids is 1. The molecule has 4 nitrogen and oxygen atoms in total. The van der Waals surface area contributed by atoms with Crippen LogP contribution in [0.1, 0.15) is 11.1 Å². The highest BCUT2D eigenvalue weighted by Crippen LogP contribution is 2.25. The predicted octanol–water partition coefficient (Wildman–Crippen LogP) is 2.46. The van der Waals surface area contributed by atoms with Crippen LogP contribution in [-0.4, -0.2) is 20.4 Å². The van der Waals surface area contributed by atoms with Gasteiger partial charge in [-0.3, -0.25) is 4.79 Å². The second kappa shape index (κ2) is 5.79. The van der Waals surface area contributed by atoms with Gasteiger partial charge in [0.2, 0.25) is 0 Å². The number of thioether (sulfide) groups is 1. The summed E-state index contributed by atoms with van der Waals surface area (Å²) in [6.07, 6.45) is 1.59. The third kappa shape index (κ3) is 3.54. The first-order chi connectivity index (χ1) is 8.25. The van der Waals surface area contributed by atoms with E-state index < -0.39 is 5.97 Å². The average molecular weight is 266 g/mol. The van der Waals surface area contributed by atoms with Crippen molar-refractivity contribution >= 4 is 29.3 Å². The molecule has 88 valence electrons. The molecule has 6 heteroatoms. The number of aromatic nitrogens is 2. The van der Waals surface area contributed by atoms with Crippen LogP contribution in [-0.2, 0) is 17.0 Å². The van der Waals surface area contributed by atoms with E-state index in [1.54, 1.807) is 11.8 Å². The quantitative estimate of drug-likeness (QED) is 0.842. The minimum absolute atomic E-state index is 0.0624. The number of rotatable bonds is 5. The van der Waals surface area contributed by atoms with Crippen molar-refractivity contribution in [2.75, 3.05) is 0 Å². The minimum Gasteiger partial charge on any atom is -0.481 e. The van der Waals surface area contributed by atoms with Crippen LogP contribution in [0.5, 0.6) is 0 Å².